The molecular weight excluding hydrogens is 252 g/mol. The predicted octanol–water partition coefficient (Wildman–Crippen LogP) is 2.32. The number of carbonyl (C=O) groups is 1. The SMILES string of the molecule is CCOC(=O)Nc1oc(-c2ccncc2)c(O)c1O. The van der Waals surface area contributed by atoms with E-state index in [1.54, 1.807) is 19.1 Å². The number of rotatable bonds is 3. The van der Waals surface area contributed by atoms with E-state index in [0.717, 1.165) is 0 Å². The van der Waals surface area contributed by atoms with Crippen molar-refractivity contribution in [3.63, 3.8) is 0 Å². The van der Waals surface area contributed by atoms with Crippen LogP contribution in [-0.2, 0) is 4.74 Å². The molecule has 2 heterocycles. The van der Waals surface area contributed by atoms with E-state index in [2.05, 4.69) is 15.0 Å². The number of amides is 1. The Morgan fingerprint density at radius 2 is 2.05 bits per heavy atom. The van der Waals surface area contributed by atoms with Gasteiger partial charge in [-0.1, -0.05) is 0 Å². The number of ether oxygens (including phenoxy) is 1. The van der Waals surface area contributed by atoms with E-state index in [4.69, 9.17) is 4.42 Å². The van der Waals surface area contributed by atoms with Crippen LogP contribution in [0, 0.1) is 0 Å². The molecule has 0 aromatic carbocycles. The fourth-order valence-corrected chi connectivity index (χ4v) is 1.46. The lowest BCUT2D eigenvalue weighted by molar-refractivity contribution is 0.167. The number of aromatic hydroxyl groups is 2. The normalized spacial score (nSPS) is 10.2. The molecule has 0 radical (unpaired) electrons. The van der Waals surface area contributed by atoms with Crippen molar-refractivity contribution >= 4 is 12.0 Å². The van der Waals surface area contributed by atoms with Crippen LogP contribution in [0.25, 0.3) is 11.3 Å². The van der Waals surface area contributed by atoms with Gasteiger partial charge in [0.2, 0.25) is 17.4 Å². The summed E-state index contributed by atoms with van der Waals surface area (Å²) < 4.78 is 9.85. The lowest BCUT2D eigenvalue weighted by Crippen LogP contribution is -2.12. The third-order valence-corrected chi connectivity index (χ3v) is 2.29. The smallest absolute Gasteiger partial charge is 0.414 e. The molecule has 1 amide bonds. The summed E-state index contributed by atoms with van der Waals surface area (Å²) >= 11 is 0. The van der Waals surface area contributed by atoms with Gasteiger partial charge in [-0.2, -0.15) is 0 Å². The van der Waals surface area contributed by atoms with Gasteiger partial charge in [0.05, 0.1) is 6.61 Å². The van der Waals surface area contributed by atoms with Gasteiger partial charge in [-0.15, -0.1) is 0 Å². The molecule has 0 bridgehead atoms. The first kappa shape index (κ1) is 12.7. The molecule has 7 heteroatoms. The van der Waals surface area contributed by atoms with Crippen LogP contribution in [0.15, 0.2) is 28.9 Å². The minimum absolute atomic E-state index is 0.0340. The summed E-state index contributed by atoms with van der Waals surface area (Å²) in [7, 11) is 0. The molecule has 0 fully saturated rings. The summed E-state index contributed by atoms with van der Waals surface area (Å²) in [6, 6.07) is 3.18. The van der Waals surface area contributed by atoms with Crippen LogP contribution in [0.1, 0.15) is 6.92 Å². The molecule has 2 aromatic heterocycles. The molecule has 0 unspecified atom stereocenters. The van der Waals surface area contributed by atoms with Crippen molar-refractivity contribution in [3.05, 3.63) is 24.5 Å². The van der Waals surface area contributed by atoms with Crippen LogP contribution in [0.3, 0.4) is 0 Å². The second kappa shape index (κ2) is 5.30. The Morgan fingerprint density at radius 3 is 2.68 bits per heavy atom. The number of carbonyl (C=O) groups excluding carboxylic acids is 1. The fourth-order valence-electron chi connectivity index (χ4n) is 1.46. The minimum Gasteiger partial charge on any atom is -0.502 e. The number of pyridine rings is 1. The van der Waals surface area contributed by atoms with Gasteiger partial charge in [0.15, 0.2) is 5.76 Å². The third-order valence-electron chi connectivity index (χ3n) is 2.29. The maximum Gasteiger partial charge on any atom is 0.414 e. The van der Waals surface area contributed by atoms with E-state index in [0.29, 0.717) is 5.56 Å². The van der Waals surface area contributed by atoms with E-state index >= 15 is 0 Å². The summed E-state index contributed by atoms with van der Waals surface area (Å²) in [5.41, 5.74) is 0.514. The Bertz CT molecular complexity index is 579. The molecule has 2 aromatic rings. The highest BCUT2D eigenvalue weighted by Crippen LogP contribution is 2.44. The molecule has 7 nitrogen and oxygen atoms in total. The van der Waals surface area contributed by atoms with Crippen LogP contribution in [-0.4, -0.2) is 27.9 Å². The fraction of sp³-hybridized carbons (Fsp3) is 0.167. The second-order valence-corrected chi connectivity index (χ2v) is 3.54. The summed E-state index contributed by atoms with van der Waals surface area (Å²) in [6.07, 6.45) is 2.23. The first-order valence-corrected chi connectivity index (χ1v) is 5.52. The van der Waals surface area contributed by atoms with Crippen LogP contribution < -0.4 is 5.32 Å². The van der Waals surface area contributed by atoms with E-state index in [-0.39, 0.29) is 18.3 Å². The highest BCUT2D eigenvalue weighted by atomic mass is 16.6. The molecule has 0 aliphatic carbocycles. The van der Waals surface area contributed by atoms with Crippen LogP contribution in [0.4, 0.5) is 10.7 Å². The van der Waals surface area contributed by atoms with E-state index in [9.17, 15) is 15.0 Å². The monoisotopic (exact) mass is 264 g/mol. The number of hydrogen-bond acceptors (Lipinski definition) is 6. The number of nitrogens with one attached hydrogen (secondary N) is 1. The topological polar surface area (TPSA) is 105 Å². The Hall–Kier alpha value is -2.70. The zero-order valence-corrected chi connectivity index (χ0v) is 10.1. The van der Waals surface area contributed by atoms with Gasteiger partial charge in [0, 0.05) is 18.0 Å². The summed E-state index contributed by atoms with van der Waals surface area (Å²) in [5, 5.41) is 21.6. The standard InChI is InChI=1S/C12H12N2O5/c1-2-18-12(17)14-11-9(16)8(15)10(19-11)7-3-5-13-6-4-7/h3-6,15-16H,2H2,1H3,(H,14,17). The molecule has 0 atom stereocenters. The lowest BCUT2D eigenvalue weighted by Gasteiger charge is -2.01. The quantitative estimate of drug-likeness (QED) is 0.785. The first-order chi connectivity index (χ1) is 9.13. The molecule has 3 N–H and O–H groups in total. The minimum atomic E-state index is -0.784. The molecule has 0 saturated heterocycles. The average Bonchev–Trinajstić information content (AvgIpc) is 2.68. The average molecular weight is 264 g/mol. The number of hydrogen-bond donors (Lipinski definition) is 3. The van der Waals surface area contributed by atoms with Crippen molar-refractivity contribution in [2.75, 3.05) is 11.9 Å². The largest absolute Gasteiger partial charge is 0.502 e. The second-order valence-electron chi connectivity index (χ2n) is 3.54. The molecular formula is C12H12N2O5. The van der Waals surface area contributed by atoms with Gasteiger partial charge >= 0.3 is 6.09 Å². The zero-order chi connectivity index (χ0) is 13.8. The Kier molecular flexibility index (Phi) is 3.56. The van der Waals surface area contributed by atoms with E-state index in [1.807, 2.05) is 0 Å². The zero-order valence-electron chi connectivity index (χ0n) is 10.1. The maximum absolute atomic E-state index is 11.2. The Labute approximate surface area is 108 Å². The third kappa shape index (κ3) is 2.59. The summed E-state index contributed by atoms with van der Waals surface area (Å²) in [4.78, 5) is 15.1. The highest BCUT2D eigenvalue weighted by molar-refractivity contribution is 5.87. The van der Waals surface area contributed by atoms with Crippen molar-refractivity contribution in [1.29, 1.82) is 0 Å². The lowest BCUT2D eigenvalue weighted by atomic mass is 10.2. The van der Waals surface area contributed by atoms with Gasteiger partial charge < -0.3 is 19.4 Å². The molecule has 0 spiro atoms. The van der Waals surface area contributed by atoms with Crippen molar-refractivity contribution in [1.82, 2.24) is 4.98 Å². The molecule has 2 rings (SSSR count). The van der Waals surface area contributed by atoms with E-state index < -0.39 is 17.6 Å². The van der Waals surface area contributed by atoms with E-state index in [1.165, 1.54) is 12.4 Å². The Morgan fingerprint density at radius 1 is 1.37 bits per heavy atom. The van der Waals surface area contributed by atoms with Crippen LogP contribution >= 0.6 is 0 Å². The molecule has 100 valence electrons. The van der Waals surface area contributed by atoms with Crippen LogP contribution in [0.5, 0.6) is 11.5 Å². The Balaban J connectivity index is 2.31. The summed E-state index contributed by atoms with van der Waals surface area (Å²) in [6.45, 7) is 1.82. The number of anilines is 1. The summed E-state index contributed by atoms with van der Waals surface area (Å²) in [5.74, 6) is -1.26. The molecule has 0 aliphatic heterocycles. The van der Waals surface area contributed by atoms with Gasteiger partial charge in [0.1, 0.15) is 0 Å². The van der Waals surface area contributed by atoms with Gasteiger partial charge in [-0.05, 0) is 19.1 Å². The van der Waals surface area contributed by atoms with Gasteiger partial charge in [-0.3, -0.25) is 10.3 Å². The van der Waals surface area contributed by atoms with Crippen LogP contribution in [0.2, 0.25) is 0 Å². The predicted molar refractivity (Wildman–Crippen MR) is 65.9 cm³/mol. The van der Waals surface area contributed by atoms with Crippen molar-refractivity contribution in [2.45, 2.75) is 6.92 Å². The van der Waals surface area contributed by atoms with Crippen molar-refractivity contribution in [3.8, 4) is 22.8 Å². The van der Waals surface area contributed by atoms with Gasteiger partial charge in [-0.25, -0.2) is 4.79 Å². The van der Waals surface area contributed by atoms with Crippen molar-refractivity contribution in [2.24, 2.45) is 0 Å². The number of nitrogens with zero attached hydrogens (tertiary/aromatic N) is 1. The molecule has 0 saturated carbocycles. The number of aromatic nitrogens is 1. The molecule has 19 heavy (non-hydrogen) atoms. The van der Waals surface area contributed by atoms with Gasteiger partial charge in [0.25, 0.3) is 0 Å². The molecule has 0 aliphatic rings. The van der Waals surface area contributed by atoms with Crippen molar-refractivity contribution < 1.29 is 24.2 Å². The maximum atomic E-state index is 11.2. The first-order valence-electron chi connectivity index (χ1n) is 5.52. The highest BCUT2D eigenvalue weighted by Gasteiger charge is 2.22. The number of furan rings is 1.